The van der Waals surface area contributed by atoms with Gasteiger partial charge in [0, 0.05) is 29.1 Å². The predicted octanol–water partition coefficient (Wildman–Crippen LogP) is 4.46. The van der Waals surface area contributed by atoms with Crippen LogP contribution in [0.15, 0.2) is 42.5 Å². The van der Waals surface area contributed by atoms with Crippen LogP contribution in [0.4, 0.5) is 18.9 Å². The smallest absolute Gasteiger partial charge is 0.394 e. The predicted molar refractivity (Wildman–Crippen MR) is 92.7 cm³/mol. The minimum Gasteiger partial charge on any atom is -0.394 e. The molecule has 0 saturated carbocycles. The van der Waals surface area contributed by atoms with Gasteiger partial charge in [-0.25, -0.2) is 0 Å². The summed E-state index contributed by atoms with van der Waals surface area (Å²) in [5.74, 6) is 0.354. The van der Waals surface area contributed by atoms with E-state index in [2.05, 4.69) is 17.5 Å². The van der Waals surface area contributed by atoms with Crippen molar-refractivity contribution in [2.45, 2.75) is 43.7 Å². The van der Waals surface area contributed by atoms with Crippen molar-refractivity contribution in [3.8, 4) is 0 Å². The quantitative estimate of drug-likeness (QED) is 0.813. The molecule has 2 N–H and O–H groups in total. The number of nitrogens with one attached hydrogen (secondary N) is 1. The number of ether oxygens (including phenoxy) is 1. The summed E-state index contributed by atoms with van der Waals surface area (Å²) < 4.78 is 45.6. The molecule has 0 radical (unpaired) electrons. The van der Waals surface area contributed by atoms with Gasteiger partial charge >= 0.3 is 6.18 Å². The zero-order chi connectivity index (χ0) is 18.3. The minimum absolute atomic E-state index is 0.0786. The van der Waals surface area contributed by atoms with Crippen molar-refractivity contribution >= 4 is 5.69 Å². The van der Waals surface area contributed by atoms with Gasteiger partial charge < -0.3 is 15.2 Å². The van der Waals surface area contributed by atoms with Crippen LogP contribution in [0.2, 0.25) is 0 Å². The van der Waals surface area contributed by atoms with Crippen LogP contribution < -0.4 is 5.32 Å². The molecule has 140 valence electrons. The van der Waals surface area contributed by atoms with E-state index in [9.17, 15) is 18.3 Å². The van der Waals surface area contributed by atoms with Crippen LogP contribution in [-0.2, 0) is 10.9 Å². The van der Waals surface area contributed by atoms with E-state index in [-0.39, 0.29) is 30.6 Å². The molecule has 0 aromatic heterocycles. The van der Waals surface area contributed by atoms with Gasteiger partial charge in [0.15, 0.2) is 0 Å². The van der Waals surface area contributed by atoms with Crippen LogP contribution in [0.5, 0.6) is 0 Å². The fraction of sp³-hybridized carbons (Fsp3) is 0.500. The molecule has 1 unspecified atom stereocenters. The molecule has 6 heteroatoms. The molecule has 1 fully saturated rings. The summed E-state index contributed by atoms with van der Waals surface area (Å²) in [4.78, 5) is 0. The number of fused-ring (bicyclic) bond motifs is 3. The highest BCUT2D eigenvalue weighted by Crippen LogP contribution is 2.49. The van der Waals surface area contributed by atoms with E-state index in [1.807, 2.05) is 12.2 Å². The van der Waals surface area contributed by atoms with Crippen LogP contribution in [0.25, 0.3) is 0 Å². The first-order valence-electron chi connectivity index (χ1n) is 9.04. The summed E-state index contributed by atoms with van der Waals surface area (Å²) in [6.07, 6.45) is 5.61. The van der Waals surface area contributed by atoms with Gasteiger partial charge in [0.25, 0.3) is 0 Å². The molecular weight excluding hydrogens is 343 g/mol. The maximum absolute atomic E-state index is 13.2. The Hall–Kier alpha value is -1.79. The number of aliphatic hydroxyl groups excluding tert-OH is 1. The van der Waals surface area contributed by atoms with Crippen LogP contribution in [0, 0.1) is 11.8 Å². The summed E-state index contributed by atoms with van der Waals surface area (Å²) in [5, 5.41) is 13.0. The van der Waals surface area contributed by atoms with E-state index in [1.165, 1.54) is 12.1 Å². The molecule has 1 aromatic carbocycles. The van der Waals surface area contributed by atoms with Gasteiger partial charge in [-0.15, -0.1) is 0 Å². The maximum Gasteiger partial charge on any atom is 0.416 e. The van der Waals surface area contributed by atoms with Gasteiger partial charge in [-0.05, 0) is 37.5 Å². The molecule has 2 aliphatic heterocycles. The van der Waals surface area contributed by atoms with Gasteiger partial charge in [0.05, 0.1) is 24.4 Å². The second-order valence-electron chi connectivity index (χ2n) is 7.28. The van der Waals surface area contributed by atoms with Gasteiger partial charge in [-0.3, -0.25) is 0 Å². The molecule has 1 aromatic rings. The Morgan fingerprint density at radius 1 is 1.19 bits per heavy atom. The van der Waals surface area contributed by atoms with Crippen LogP contribution >= 0.6 is 0 Å². The summed E-state index contributed by atoms with van der Waals surface area (Å²) in [6, 6.07) is 3.93. The molecular formula is C20H22F3NO2. The monoisotopic (exact) mass is 365 g/mol. The number of allylic oxidation sites excluding steroid dienone is 3. The largest absolute Gasteiger partial charge is 0.416 e. The van der Waals surface area contributed by atoms with E-state index in [0.717, 1.165) is 25.3 Å². The van der Waals surface area contributed by atoms with Crippen molar-refractivity contribution in [2.75, 3.05) is 11.9 Å². The third-order valence-electron chi connectivity index (χ3n) is 5.70. The molecule has 3 nitrogen and oxygen atoms in total. The Morgan fingerprint density at radius 2 is 2.04 bits per heavy atom. The Labute approximate surface area is 150 Å². The number of aliphatic hydroxyl groups is 1. The molecule has 26 heavy (non-hydrogen) atoms. The Bertz CT molecular complexity index is 728. The lowest BCUT2D eigenvalue weighted by molar-refractivity contribution is -0.138. The van der Waals surface area contributed by atoms with Gasteiger partial charge in [0.1, 0.15) is 0 Å². The molecule has 3 aliphatic rings. The van der Waals surface area contributed by atoms with Crippen molar-refractivity contribution in [3.05, 3.63) is 53.6 Å². The Kier molecular flexibility index (Phi) is 4.57. The lowest BCUT2D eigenvalue weighted by atomic mass is 9.73. The average molecular weight is 365 g/mol. The van der Waals surface area contributed by atoms with E-state index in [1.54, 1.807) is 0 Å². The second kappa shape index (κ2) is 6.74. The minimum atomic E-state index is -4.39. The molecule has 4 rings (SSSR count). The molecule has 5 atom stereocenters. The lowest BCUT2D eigenvalue weighted by Crippen LogP contribution is -2.47. The van der Waals surface area contributed by atoms with Crippen LogP contribution in [0.1, 0.15) is 36.5 Å². The van der Waals surface area contributed by atoms with E-state index < -0.39 is 17.8 Å². The van der Waals surface area contributed by atoms with Crippen molar-refractivity contribution in [2.24, 2.45) is 11.8 Å². The van der Waals surface area contributed by atoms with Crippen LogP contribution in [-0.4, -0.2) is 23.9 Å². The van der Waals surface area contributed by atoms with Crippen molar-refractivity contribution in [1.82, 2.24) is 0 Å². The summed E-state index contributed by atoms with van der Waals surface area (Å²) in [6.45, 7) is -0.109. The topological polar surface area (TPSA) is 41.5 Å². The highest BCUT2D eigenvalue weighted by Gasteiger charge is 2.44. The third kappa shape index (κ3) is 3.16. The molecule has 1 aliphatic carbocycles. The normalized spacial score (nSPS) is 33.3. The van der Waals surface area contributed by atoms with Crippen LogP contribution in [0.3, 0.4) is 0 Å². The highest BCUT2D eigenvalue weighted by atomic mass is 19.4. The lowest BCUT2D eigenvalue weighted by Gasteiger charge is -2.47. The number of anilines is 1. The maximum atomic E-state index is 13.2. The fourth-order valence-corrected chi connectivity index (χ4v) is 4.40. The number of hydrogen-bond acceptors (Lipinski definition) is 3. The SMILES string of the molecule is OC[C@H]1CC[C@@H]2[C@H](O1)c1cc(C(F)(F)F)ccc1N[C@H]2C1C=CC=CC1. The molecule has 2 heterocycles. The number of halogens is 3. The van der Waals surface area contributed by atoms with E-state index in [0.29, 0.717) is 11.3 Å². The molecule has 1 saturated heterocycles. The third-order valence-corrected chi connectivity index (χ3v) is 5.70. The summed E-state index contributed by atoms with van der Waals surface area (Å²) in [7, 11) is 0. The number of hydrogen-bond donors (Lipinski definition) is 2. The standard InChI is InChI=1S/C20H22F3NO2/c21-20(22,23)13-6-9-17-16(10-13)19-15(8-7-14(11-25)26-19)18(24-17)12-4-2-1-3-5-12/h1-4,6,9-10,12,14-15,18-19,24-25H,5,7-8,11H2/t12?,14-,15+,18+,19+/m1/s1. The van der Waals surface area contributed by atoms with Gasteiger partial charge in [-0.2, -0.15) is 13.2 Å². The second-order valence-corrected chi connectivity index (χ2v) is 7.28. The van der Waals surface area contributed by atoms with Gasteiger partial charge in [0.2, 0.25) is 0 Å². The van der Waals surface area contributed by atoms with E-state index in [4.69, 9.17) is 4.74 Å². The Balaban J connectivity index is 1.72. The first kappa shape index (κ1) is 17.6. The van der Waals surface area contributed by atoms with Crippen molar-refractivity contribution in [3.63, 3.8) is 0 Å². The van der Waals surface area contributed by atoms with E-state index >= 15 is 0 Å². The molecule has 0 spiro atoms. The van der Waals surface area contributed by atoms with Crippen molar-refractivity contribution in [1.29, 1.82) is 0 Å². The Morgan fingerprint density at radius 3 is 2.73 bits per heavy atom. The highest BCUT2D eigenvalue weighted by molar-refractivity contribution is 5.58. The first-order chi connectivity index (χ1) is 12.5. The van der Waals surface area contributed by atoms with Crippen molar-refractivity contribution < 1.29 is 23.0 Å². The summed E-state index contributed by atoms with van der Waals surface area (Å²) in [5.41, 5.74) is 0.589. The molecule has 0 amide bonds. The summed E-state index contributed by atoms with van der Waals surface area (Å²) >= 11 is 0. The zero-order valence-electron chi connectivity index (χ0n) is 14.2. The molecule has 0 bridgehead atoms. The number of rotatable bonds is 2. The number of benzene rings is 1. The zero-order valence-corrected chi connectivity index (χ0v) is 14.2. The van der Waals surface area contributed by atoms with Gasteiger partial charge in [-0.1, -0.05) is 24.3 Å². The first-order valence-corrected chi connectivity index (χ1v) is 9.04. The fourth-order valence-electron chi connectivity index (χ4n) is 4.40. The number of alkyl halides is 3. The average Bonchev–Trinajstić information content (AvgIpc) is 2.66.